The molecule has 0 saturated carbocycles. The molecule has 1 heterocycles. The Bertz CT molecular complexity index is 1130. The number of allylic oxidation sites excluding steroid dienone is 1. The zero-order valence-electron chi connectivity index (χ0n) is 17.9. The van der Waals surface area contributed by atoms with Crippen molar-refractivity contribution in [1.82, 2.24) is 0 Å². The average Bonchev–Trinajstić information content (AvgIpc) is 2.96. The Morgan fingerprint density at radius 1 is 0.774 bits per heavy atom. The minimum absolute atomic E-state index is 0.174. The number of nitrogens with zero attached hydrogens (tertiary/aromatic N) is 1. The second kappa shape index (κ2) is 7.95. The maximum absolute atomic E-state index is 13.5. The summed E-state index contributed by atoms with van der Waals surface area (Å²) in [4.78, 5) is 15.6. The summed E-state index contributed by atoms with van der Waals surface area (Å²) < 4.78 is 0. The van der Waals surface area contributed by atoms with Crippen LogP contribution in [0.1, 0.15) is 35.9 Å². The van der Waals surface area contributed by atoms with E-state index in [-0.39, 0.29) is 17.7 Å². The molecule has 0 radical (unpaired) electrons. The first-order valence-corrected chi connectivity index (χ1v) is 10.8. The van der Waals surface area contributed by atoms with Crippen LogP contribution in [-0.2, 0) is 4.79 Å². The molecule has 2 aliphatic rings. The van der Waals surface area contributed by atoms with Crippen molar-refractivity contribution < 1.29 is 4.79 Å². The number of fused-ring (bicyclic) bond motifs is 1. The van der Waals surface area contributed by atoms with Crippen molar-refractivity contribution >= 4 is 22.8 Å². The van der Waals surface area contributed by atoms with Gasteiger partial charge in [0.25, 0.3) is 0 Å². The van der Waals surface area contributed by atoms with Gasteiger partial charge in [0.05, 0.1) is 17.4 Å². The molecule has 4 nitrogen and oxygen atoms in total. The van der Waals surface area contributed by atoms with Crippen LogP contribution in [0.3, 0.4) is 0 Å². The molecule has 3 aromatic rings. The Morgan fingerprint density at radius 3 is 2.16 bits per heavy atom. The van der Waals surface area contributed by atoms with Gasteiger partial charge in [-0.25, -0.2) is 0 Å². The molecule has 156 valence electrons. The predicted molar refractivity (Wildman–Crippen MR) is 128 cm³/mol. The fourth-order valence-corrected chi connectivity index (χ4v) is 4.67. The van der Waals surface area contributed by atoms with Crippen molar-refractivity contribution in [3.8, 4) is 0 Å². The molecule has 0 saturated heterocycles. The monoisotopic (exact) mass is 409 g/mol. The summed E-state index contributed by atoms with van der Waals surface area (Å²) in [5.41, 5.74) is 7.39. The highest BCUT2D eigenvalue weighted by Gasteiger charge is 2.35. The molecular formula is C27H27N3O. The van der Waals surface area contributed by atoms with E-state index in [1.165, 1.54) is 5.56 Å². The minimum Gasteiger partial charge on any atom is -0.378 e. The Kier molecular flexibility index (Phi) is 4.99. The second-order valence-electron chi connectivity index (χ2n) is 8.57. The first-order chi connectivity index (χ1) is 15.1. The standard InChI is InChI=1S/C27H27N3O/c1-30(2)21-14-12-19(13-15-21)27-26-24(28-22-10-6-7-11-23(22)29-27)16-20(17-25(26)31)18-8-4-3-5-9-18/h3-15,20,27-29H,16-17H2,1-2H3. The Balaban J connectivity index is 1.59. The molecule has 0 aromatic heterocycles. The average molecular weight is 410 g/mol. The molecule has 1 aliphatic heterocycles. The third kappa shape index (κ3) is 3.70. The third-order valence-corrected chi connectivity index (χ3v) is 6.32. The number of nitrogens with one attached hydrogen (secondary N) is 2. The van der Waals surface area contributed by atoms with E-state index in [1.54, 1.807) is 0 Å². The molecule has 1 aliphatic carbocycles. The molecule has 2 N–H and O–H groups in total. The van der Waals surface area contributed by atoms with Gasteiger partial charge < -0.3 is 15.5 Å². The molecule has 31 heavy (non-hydrogen) atoms. The Morgan fingerprint density at radius 2 is 1.45 bits per heavy atom. The zero-order valence-corrected chi connectivity index (χ0v) is 17.9. The van der Waals surface area contributed by atoms with Crippen LogP contribution in [0.25, 0.3) is 0 Å². The maximum Gasteiger partial charge on any atom is 0.163 e. The molecule has 0 spiro atoms. The van der Waals surface area contributed by atoms with E-state index >= 15 is 0 Å². The first-order valence-electron chi connectivity index (χ1n) is 10.8. The van der Waals surface area contributed by atoms with E-state index < -0.39 is 0 Å². The summed E-state index contributed by atoms with van der Waals surface area (Å²) in [6.07, 6.45) is 1.36. The van der Waals surface area contributed by atoms with E-state index in [0.717, 1.165) is 40.3 Å². The lowest BCUT2D eigenvalue weighted by Crippen LogP contribution is -2.26. The number of para-hydroxylation sites is 2. The van der Waals surface area contributed by atoms with Gasteiger partial charge in [-0.3, -0.25) is 4.79 Å². The third-order valence-electron chi connectivity index (χ3n) is 6.32. The molecular weight excluding hydrogens is 382 g/mol. The topological polar surface area (TPSA) is 44.4 Å². The molecule has 0 fully saturated rings. The van der Waals surface area contributed by atoms with E-state index in [0.29, 0.717) is 6.42 Å². The van der Waals surface area contributed by atoms with Crippen molar-refractivity contribution in [3.63, 3.8) is 0 Å². The normalized spacial score (nSPS) is 20.1. The number of carbonyl (C=O) groups excluding carboxylic acids is 1. The summed E-state index contributed by atoms with van der Waals surface area (Å²) in [7, 11) is 4.07. The quantitative estimate of drug-likeness (QED) is 0.580. The minimum atomic E-state index is -0.174. The summed E-state index contributed by atoms with van der Waals surface area (Å²) in [6, 6.07) is 26.9. The highest BCUT2D eigenvalue weighted by molar-refractivity contribution is 6.01. The van der Waals surface area contributed by atoms with Crippen LogP contribution in [0.15, 0.2) is 90.1 Å². The van der Waals surface area contributed by atoms with Gasteiger partial charge in [-0.2, -0.15) is 0 Å². The van der Waals surface area contributed by atoms with E-state index in [1.807, 2.05) is 32.3 Å². The van der Waals surface area contributed by atoms with Gasteiger partial charge in [0.2, 0.25) is 0 Å². The number of rotatable bonds is 3. The van der Waals surface area contributed by atoms with Gasteiger partial charge in [-0.15, -0.1) is 0 Å². The SMILES string of the molecule is CN(C)c1ccc(C2Nc3ccccc3NC3=C2C(=O)CC(c2ccccc2)C3)cc1. The maximum atomic E-state index is 13.5. The summed E-state index contributed by atoms with van der Waals surface area (Å²) in [6.45, 7) is 0. The molecule has 5 rings (SSSR count). The van der Waals surface area contributed by atoms with Gasteiger partial charge >= 0.3 is 0 Å². The van der Waals surface area contributed by atoms with Crippen molar-refractivity contribution in [3.05, 3.63) is 101 Å². The number of Topliss-reactive ketones (excluding diaryl/α,β-unsaturated/α-hetero) is 1. The molecule has 2 unspecified atom stereocenters. The Hall–Kier alpha value is -3.53. The zero-order chi connectivity index (χ0) is 21.4. The highest BCUT2D eigenvalue weighted by Crippen LogP contribution is 2.44. The van der Waals surface area contributed by atoms with Crippen molar-refractivity contribution in [2.45, 2.75) is 24.8 Å². The fraction of sp³-hybridized carbons (Fsp3) is 0.222. The van der Waals surface area contributed by atoms with E-state index in [9.17, 15) is 4.79 Å². The smallest absolute Gasteiger partial charge is 0.163 e. The van der Waals surface area contributed by atoms with Crippen LogP contribution >= 0.6 is 0 Å². The van der Waals surface area contributed by atoms with Gasteiger partial charge in [0.1, 0.15) is 0 Å². The van der Waals surface area contributed by atoms with Crippen molar-refractivity contribution in [2.75, 3.05) is 29.6 Å². The van der Waals surface area contributed by atoms with Crippen LogP contribution in [0.4, 0.5) is 17.1 Å². The molecule has 4 heteroatoms. The number of ketones is 1. The lowest BCUT2D eigenvalue weighted by Gasteiger charge is -2.30. The molecule has 3 aromatic carbocycles. The number of carbonyl (C=O) groups is 1. The van der Waals surface area contributed by atoms with Crippen LogP contribution in [-0.4, -0.2) is 19.9 Å². The largest absolute Gasteiger partial charge is 0.378 e. The first kappa shape index (κ1) is 19.4. The van der Waals surface area contributed by atoms with Crippen LogP contribution in [0.2, 0.25) is 0 Å². The summed E-state index contributed by atoms with van der Waals surface area (Å²) >= 11 is 0. The number of anilines is 3. The molecule has 2 atom stereocenters. The lowest BCUT2D eigenvalue weighted by atomic mass is 9.78. The van der Waals surface area contributed by atoms with Gasteiger partial charge in [-0.1, -0.05) is 54.6 Å². The van der Waals surface area contributed by atoms with Gasteiger partial charge in [0, 0.05) is 37.5 Å². The van der Waals surface area contributed by atoms with Crippen molar-refractivity contribution in [1.29, 1.82) is 0 Å². The van der Waals surface area contributed by atoms with E-state index in [2.05, 4.69) is 76.2 Å². The van der Waals surface area contributed by atoms with Gasteiger partial charge in [-0.05, 0) is 47.7 Å². The van der Waals surface area contributed by atoms with E-state index in [4.69, 9.17) is 0 Å². The van der Waals surface area contributed by atoms with Crippen molar-refractivity contribution in [2.24, 2.45) is 0 Å². The number of hydrogen-bond donors (Lipinski definition) is 2. The number of hydrogen-bond acceptors (Lipinski definition) is 4. The molecule has 0 amide bonds. The molecule has 0 bridgehead atoms. The van der Waals surface area contributed by atoms with Gasteiger partial charge in [0.15, 0.2) is 5.78 Å². The summed E-state index contributed by atoms with van der Waals surface area (Å²) in [5, 5.41) is 7.26. The highest BCUT2D eigenvalue weighted by atomic mass is 16.1. The fourth-order valence-electron chi connectivity index (χ4n) is 4.67. The lowest BCUT2D eigenvalue weighted by molar-refractivity contribution is -0.116. The Labute approximate surface area is 183 Å². The summed E-state index contributed by atoms with van der Waals surface area (Å²) in [5.74, 6) is 0.409. The van der Waals surface area contributed by atoms with Crippen LogP contribution in [0, 0.1) is 0 Å². The second-order valence-corrected chi connectivity index (χ2v) is 8.57. The van der Waals surface area contributed by atoms with Crippen LogP contribution in [0.5, 0.6) is 0 Å². The predicted octanol–water partition coefficient (Wildman–Crippen LogP) is 5.73. The number of benzene rings is 3. The van der Waals surface area contributed by atoms with Crippen LogP contribution < -0.4 is 15.5 Å².